The smallest absolute Gasteiger partial charge is 0.179 e. The van der Waals surface area contributed by atoms with Crippen LogP contribution in [0.1, 0.15) is 18.4 Å². The Balaban J connectivity index is 2.14. The van der Waals surface area contributed by atoms with Crippen LogP contribution in [-0.4, -0.2) is 31.2 Å². The Morgan fingerprint density at radius 3 is 3.00 bits per heavy atom. The van der Waals surface area contributed by atoms with E-state index in [-0.39, 0.29) is 0 Å². The van der Waals surface area contributed by atoms with Gasteiger partial charge in [0.05, 0.1) is 24.1 Å². The van der Waals surface area contributed by atoms with Gasteiger partial charge in [-0.15, -0.1) is 0 Å². The van der Waals surface area contributed by atoms with Crippen molar-refractivity contribution < 1.29 is 0 Å². The van der Waals surface area contributed by atoms with Gasteiger partial charge in [0, 0.05) is 6.54 Å². The minimum Gasteiger partial charge on any atom is -0.319 e. The fourth-order valence-corrected chi connectivity index (χ4v) is 2.53. The second kappa shape index (κ2) is 3.48. The minimum atomic E-state index is 0.804. The van der Waals surface area contributed by atoms with Gasteiger partial charge in [-0.25, -0.2) is 9.97 Å². The Kier molecular flexibility index (Phi) is 2.10. The highest BCUT2D eigenvalue weighted by Gasteiger charge is 2.18. The molecule has 0 saturated heterocycles. The van der Waals surface area contributed by atoms with Gasteiger partial charge in [-0.2, -0.15) is 4.37 Å². The predicted molar refractivity (Wildman–Crippen MR) is 62.9 cm³/mol. The number of fused-ring (bicyclic) bond motifs is 1. The zero-order chi connectivity index (χ0) is 11.1. The van der Waals surface area contributed by atoms with E-state index in [2.05, 4.69) is 23.9 Å². The Morgan fingerprint density at radius 1 is 1.38 bits per heavy atom. The third kappa shape index (κ3) is 1.37. The topological polar surface area (TPSA) is 56.0 Å². The molecule has 82 valence electrons. The molecule has 0 unspecified atom stereocenters. The molecule has 0 N–H and O–H groups in total. The maximum absolute atomic E-state index is 4.42. The van der Waals surface area contributed by atoms with Crippen molar-refractivity contribution in [3.63, 3.8) is 0 Å². The van der Waals surface area contributed by atoms with E-state index in [9.17, 15) is 0 Å². The van der Waals surface area contributed by atoms with E-state index >= 15 is 0 Å². The summed E-state index contributed by atoms with van der Waals surface area (Å²) in [5.41, 5.74) is 2.14. The normalized spacial score (nSPS) is 14.8. The summed E-state index contributed by atoms with van der Waals surface area (Å²) >= 11 is 1.40. The van der Waals surface area contributed by atoms with Crippen LogP contribution in [0.15, 0.2) is 11.2 Å². The van der Waals surface area contributed by atoms with Gasteiger partial charge >= 0.3 is 0 Å². The zero-order valence-electron chi connectivity index (χ0n) is 9.14. The molecule has 1 aliphatic heterocycles. The first kappa shape index (κ1) is 9.65. The largest absolute Gasteiger partial charge is 0.319 e. The van der Waals surface area contributed by atoms with Crippen LogP contribution in [-0.2, 0) is 6.54 Å². The molecule has 3 rings (SSSR count). The summed E-state index contributed by atoms with van der Waals surface area (Å²) in [7, 11) is 0. The lowest BCUT2D eigenvalue weighted by atomic mass is 10.3. The molecule has 0 aliphatic carbocycles. The Morgan fingerprint density at radius 2 is 2.25 bits per heavy atom. The first-order valence-electron chi connectivity index (χ1n) is 5.13. The minimum absolute atomic E-state index is 0.804. The van der Waals surface area contributed by atoms with Crippen molar-refractivity contribution in [1.82, 2.24) is 18.9 Å². The molecule has 5 nitrogen and oxygen atoms in total. The van der Waals surface area contributed by atoms with Gasteiger partial charge in [-0.05, 0) is 25.4 Å². The molecule has 0 atom stereocenters. The highest BCUT2D eigenvalue weighted by molar-refractivity contribution is 7.09. The van der Waals surface area contributed by atoms with Crippen molar-refractivity contribution >= 4 is 17.2 Å². The number of rotatable bonds is 1. The average Bonchev–Trinajstić information content (AvgIpc) is 2.84. The van der Waals surface area contributed by atoms with Crippen LogP contribution in [0.25, 0.3) is 10.8 Å². The standard InChI is InChI=1S/C10H11N5S/c1-6-8-5-12-9(15(8)4-3-11-6)10-13-7(2)14-16-10/h5H,3-4H2,1-2H3. The summed E-state index contributed by atoms with van der Waals surface area (Å²) in [6, 6.07) is 0. The molecule has 6 heteroatoms. The van der Waals surface area contributed by atoms with Gasteiger partial charge in [-0.3, -0.25) is 4.99 Å². The molecular formula is C10H11N5S. The molecule has 0 amide bonds. The number of hydrogen-bond acceptors (Lipinski definition) is 5. The van der Waals surface area contributed by atoms with E-state index in [4.69, 9.17) is 0 Å². The Labute approximate surface area is 97.1 Å². The summed E-state index contributed by atoms with van der Waals surface area (Å²) in [5, 5.41) is 0.887. The molecule has 2 aromatic rings. The lowest BCUT2D eigenvalue weighted by molar-refractivity contribution is 0.691. The highest BCUT2D eigenvalue weighted by Crippen LogP contribution is 2.23. The average molecular weight is 233 g/mol. The highest BCUT2D eigenvalue weighted by atomic mass is 32.1. The van der Waals surface area contributed by atoms with Crippen molar-refractivity contribution in [2.45, 2.75) is 20.4 Å². The van der Waals surface area contributed by atoms with Crippen LogP contribution >= 0.6 is 11.5 Å². The summed E-state index contributed by atoms with van der Waals surface area (Å²) in [6.07, 6.45) is 1.87. The number of imidazole rings is 1. The molecule has 0 spiro atoms. The van der Waals surface area contributed by atoms with Gasteiger partial charge in [0.2, 0.25) is 0 Å². The summed E-state index contributed by atoms with van der Waals surface area (Å²) in [6.45, 7) is 5.61. The van der Waals surface area contributed by atoms with Crippen LogP contribution in [0.3, 0.4) is 0 Å². The summed E-state index contributed by atoms with van der Waals surface area (Å²) < 4.78 is 6.36. The zero-order valence-corrected chi connectivity index (χ0v) is 9.95. The molecule has 0 radical (unpaired) electrons. The fraction of sp³-hybridized carbons (Fsp3) is 0.400. The first-order valence-corrected chi connectivity index (χ1v) is 5.90. The van der Waals surface area contributed by atoms with Crippen LogP contribution in [0, 0.1) is 6.92 Å². The molecule has 3 heterocycles. The number of hydrogen-bond donors (Lipinski definition) is 0. The van der Waals surface area contributed by atoms with Crippen LogP contribution < -0.4 is 0 Å². The fourth-order valence-electron chi connectivity index (χ4n) is 1.85. The monoisotopic (exact) mass is 233 g/mol. The maximum atomic E-state index is 4.42. The van der Waals surface area contributed by atoms with Crippen molar-refractivity contribution in [3.05, 3.63) is 17.7 Å². The van der Waals surface area contributed by atoms with Gasteiger partial charge < -0.3 is 4.57 Å². The number of aliphatic imine (C=N–C) groups is 1. The SMILES string of the molecule is CC1=NCCn2c1cnc2-c1nc(C)ns1. The van der Waals surface area contributed by atoms with Crippen LogP contribution in [0.4, 0.5) is 0 Å². The third-order valence-corrected chi connectivity index (χ3v) is 3.42. The molecule has 0 bridgehead atoms. The van der Waals surface area contributed by atoms with Gasteiger partial charge in [0.1, 0.15) is 5.82 Å². The first-order chi connectivity index (χ1) is 7.75. The molecular weight excluding hydrogens is 222 g/mol. The lowest BCUT2D eigenvalue weighted by Crippen LogP contribution is -2.16. The predicted octanol–water partition coefficient (Wildman–Crippen LogP) is 1.53. The summed E-state index contributed by atoms with van der Waals surface area (Å²) in [4.78, 5) is 13.2. The van der Waals surface area contributed by atoms with E-state index < -0.39 is 0 Å². The van der Waals surface area contributed by atoms with E-state index in [1.165, 1.54) is 11.5 Å². The molecule has 0 fully saturated rings. The van der Waals surface area contributed by atoms with Crippen molar-refractivity contribution in [2.24, 2.45) is 4.99 Å². The quantitative estimate of drug-likeness (QED) is 0.750. The number of aromatic nitrogens is 4. The molecule has 1 aliphatic rings. The van der Waals surface area contributed by atoms with Gasteiger partial charge in [0.25, 0.3) is 0 Å². The second-order valence-corrected chi connectivity index (χ2v) is 4.48. The number of nitrogens with zero attached hydrogens (tertiary/aromatic N) is 5. The van der Waals surface area contributed by atoms with Crippen molar-refractivity contribution in [1.29, 1.82) is 0 Å². The van der Waals surface area contributed by atoms with E-state index in [1.54, 1.807) is 0 Å². The molecule has 0 saturated carbocycles. The second-order valence-electron chi connectivity index (χ2n) is 3.73. The maximum Gasteiger partial charge on any atom is 0.179 e. The van der Waals surface area contributed by atoms with Gasteiger partial charge in [0.15, 0.2) is 10.8 Å². The van der Waals surface area contributed by atoms with E-state index in [0.29, 0.717) is 0 Å². The molecule has 0 aromatic carbocycles. The lowest BCUT2D eigenvalue weighted by Gasteiger charge is -2.13. The Bertz CT molecular complexity index is 566. The third-order valence-electron chi connectivity index (χ3n) is 2.62. The number of aryl methyl sites for hydroxylation is 1. The van der Waals surface area contributed by atoms with Crippen molar-refractivity contribution in [3.8, 4) is 10.8 Å². The Hall–Kier alpha value is -1.56. The van der Waals surface area contributed by atoms with E-state index in [0.717, 1.165) is 41.2 Å². The van der Waals surface area contributed by atoms with Gasteiger partial charge in [-0.1, -0.05) is 0 Å². The van der Waals surface area contributed by atoms with Crippen molar-refractivity contribution in [2.75, 3.05) is 6.54 Å². The summed E-state index contributed by atoms with van der Waals surface area (Å²) in [5.74, 6) is 1.72. The van der Waals surface area contributed by atoms with Crippen LogP contribution in [0.2, 0.25) is 0 Å². The van der Waals surface area contributed by atoms with E-state index in [1.807, 2.05) is 20.0 Å². The van der Waals surface area contributed by atoms with Crippen LogP contribution in [0.5, 0.6) is 0 Å². The molecule has 2 aromatic heterocycles. The molecule has 16 heavy (non-hydrogen) atoms.